The smallest absolute Gasteiger partial charge is 0.338 e. The van der Waals surface area contributed by atoms with Gasteiger partial charge in [-0.15, -0.1) is 0 Å². The summed E-state index contributed by atoms with van der Waals surface area (Å²) in [7, 11) is 0. The van der Waals surface area contributed by atoms with E-state index in [2.05, 4.69) is 0 Å². The summed E-state index contributed by atoms with van der Waals surface area (Å²) >= 11 is 0. The first-order valence-corrected chi connectivity index (χ1v) is 35.5. The number of carbonyl (C=O) groups excluding carboxylic acids is 6. The first kappa shape index (κ1) is 85.7. The average Bonchev–Trinajstić information content (AvgIpc) is 0.921. The van der Waals surface area contributed by atoms with Gasteiger partial charge in [0.2, 0.25) is 0 Å². The van der Waals surface area contributed by atoms with Crippen molar-refractivity contribution in [2.75, 3.05) is 238 Å². The third-order valence-corrected chi connectivity index (χ3v) is 14.5. The summed E-state index contributed by atoms with van der Waals surface area (Å²) in [5.41, 5.74) is 1.55. The zero-order valence-corrected chi connectivity index (χ0v) is 60.6. The minimum Gasteiger partial charge on any atom is -0.487 e. The molecule has 4 aliphatic rings. The van der Waals surface area contributed by atoms with Crippen LogP contribution in [-0.2, 0) is 85.3 Å². The van der Waals surface area contributed by atoms with E-state index in [4.69, 9.17) is 114 Å². The van der Waals surface area contributed by atoms with E-state index in [-0.39, 0.29) is 271 Å². The van der Waals surface area contributed by atoms with E-state index < -0.39 is 35.8 Å². The van der Waals surface area contributed by atoms with Crippen LogP contribution in [0.15, 0.2) is 146 Å². The highest BCUT2D eigenvalue weighted by Crippen LogP contribution is 2.29. The number of hydrogen-bond acceptors (Lipinski definition) is 30. The van der Waals surface area contributed by atoms with Gasteiger partial charge in [-0.05, 0) is 109 Å². The Morgan fingerprint density at radius 2 is 0.231 bits per heavy atom. The zero-order chi connectivity index (χ0) is 75.8. The molecule has 0 saturated carbocycles. The summed E-state index contributed by atoms with van der Waals surface area (Å²) in [6, 6.07) is 39.4. The van der Waals surface area contributed by atoms with Crippen molar-refractivity contribution in [2.45, 2.75) is 0 Å². The van der Waals surface area contributed by atoms with Crippen LogP contribution in [0, 0.1) is 0 Å². The standard InChI is InChI=1S/C78H96O30/c79-73-61-13-15-63(16-14-61)75(81)105-57-45-93-33-27-87-39-51-99-69-9-3-4-10-70(69)101-53-41-89-29-35-95-47-59-107-77(83)65-21-23-66(24-22-65)78(84)108-60-48-96-36-30-90-42-54-102-72-12-6-5-11-71(72)100-52-40-88-28-34-94-46-58-106-76(82)64-19-17-62(18-20-64)74(80)104-56-44-92-32-26-86-38-50-98-68-8-2-1-7-67(68)97-49-37-85-25-31-91-43-55-103-73/h1-24H,25-60H2. The molecule has 4 aliphatic heterocycles. The number of carbonyl (C=O) groups is 6. The molecule has 4 heterocycles. The Morgan fingerprint density at radius 3 is 0.352 bits per heavy atom. The Labute approximate surface area is 627 Å². The molecule has 0 unspecified atom stereocenters. The van der Waals surface area contributed by atoms with E-state index in [0.29, 0.717) is 34.5 Å². The number of benzene rings is 6. The number of fused-ring (bicyclic) bond motifs is 3. The lowest BCUT2D eigenvalue weighted by molar-refractivity contribution is 0.00889. The number of para-hydroxylation sites is 6. The molecule has 0 N–H and O–H groups in total. The quantitative estimate of drug-likeness (QED) is 0.104. The highest BCUT2D eigenvalue weighted by atomic mass is 16.6. The molecule has 6 aromatic carbocycles. The van der Waals surface area contributed by atoms with E-state index in [1.54, 1.807) is 36.4 Å². The summed E-state index contributed by atoms with van der Waals surface area (Å²) in [4.78, 5) is 75.6. The zero-order valence-electron chi connectivity index (χ0n) is 60.6. The fourth-order valence-electron chi connectivity index (χ4n) is 9.15. The van der Waals surface area contributed by atoms with Crippen molar-refractivity contribution in [1.82, 2.24) is 0 Å². The van der Waals surface area contributed by atoms with Gasteiger partial charge in [0, 0.05) is 0 Å². The molecule has 0 spiro atoms. The summed E-state index contributed by atoms with van der Waals surface area (Å²) in [6.45, 7) is 7.56. The maximum absolute atomic E-state index is 12.6. The average molecular weight is 1510 g/mol. The van der Waals surface area contributed by atoms with Crippen LogP contribution in [0.3, 0.4) is 0 Å². The van der Waals surface area contributed by atoms with Gasteiger partial charge in [0.05, 0.1) is 192 Å². The lowest BCUT2D eigenvalue weighted by Crippen LogP contribution is -2.16. The van der Waals surface area contributed by atoms with Crippen LogP contribution in [0.25, 0.3) is 0 Å². The second-order valence-corrected chi connectivity index (χ2v) is 22.3. The topological polar surface area (TPSA) is 324 Å². The fraction of sp³-hybridized carbons (Fsp3) is 0.462. The number of esters is 6. The van der Waals surface area contributed by atoms with E-state index in [1.807, 2.05) is 36.4 Å². The van der Waals surface area contributed by atoms with E-state index in [1.165, 1.54) is 72.8 Å². The molecular weight excluding hydrogens is 1420 g/mol. The fourth-order valence-corrected chi connectivity index (χ4v) is 9.15. The minimum atomic E-state index is -0.573. The van der Waals surface area contributed by atoms with Crippen molar-refractivity contribution in [2.24, 2.45) is 0 Å². The van der Waals surface area contributed by atoms with Crippen LogP contribution in [0.5, 0.6) is 34.5 Å². The van der Waals surface area contributed by atoms with Crippen molar-refractivity contribution in [3.05, 3.63) is 179 Å². The van der Waals surface area contributed by atoms with Gasteiger partial charge in [0.1, 0.15) is 79.3 Å². The van der Waals surface area contributed by atoms with Crippen molar-refractivity contribution in [1.29, 1.82) is 0 Å². The normalized spacial score (nSPS) is 18.3. The van der Waals surface area contributed by atoms with Gasteiger partial charge in [0.25, 0.3) is 0 Å². The summed E-state index contributed by atoms with van der Waals surface area (Å²) in [5, 5.41) is 0. The lowest BCUT2D eigenvalue weighted by atomic mass is 10.1. The van der Waals surface area contributed by atoms with Gasteiger partial charge < -0.3 is 114 Å². The van der Waals surface area contributed by atoms with Crippen LogP contribution in [0.1, 0.15) is 62.1 Å². The Morgan fingerprint density at radius 1 is 0.130 bits per heavy atom. The Balaban J connectivity index is 0.743. The van der Waals surface area contributed by atoms with Crippen LogP contribution >= 0.6 is 0 Å². The molecule has 0 aromatic heterocycles. The molecule has 0 atom stereocenters. The molecule has 0 radical (unpaired) electrons. The predicted molar refractivity (Wildman–Crippen MR) is 383 cm³/mol. The van der Waals surface area contributed by atoms with Gasteiger partial charge in [0.15, 0.2) is 34.5 Å². The van der Waals surface area contributed by atoms with Crippen molar-refractivity contribution >= 4 is 35.8 Å². The molecule has 588 valence electrons. The first-order valence-electron chi connectivity index (χ1n) is 35.5. The molecule has 0 amide bonds. The second kappa shape index (κ2) is 55.0. The molecule has 0 saturated heterocycles. The molecule has 0 fully saturated rings. The summed E-state index contributed by atoms with van der Waals surface area (Å²) < 4.78 is 134. The van der Waals surface area contributed by atoms with Crippen LogP contribution in [0.2, 0.25) is 0 Å². The molecule has 6 bridgehead atoms. The minimum absolute atomic E-state index is 0.0126. The van der Waals surface area contributed by atoms with Crippen LogP contribution in [-0.4, -0.2) is 274 Å². The highest BCUT2D eigenvalue weighted by Gasteiger charge is 2.16. The number of hydrogen-bond donors (Lipinski definition) is 0. The highest BCUT2D eigenvalue weighted by molar-refractivity contribution is 5.95. The van der Waals surface area contributed by atoms with Crippen LogP contribution in [0.4, 0.5) is 0 Å². The molecule has 30 heteroatoms. The lowest BCUT2D eigenvalue weighted by Gasteiger charge is -2.13. The Hall–Kier alpha value is -9.54. The SMILES string of the molecule is O=C1OCCOCCOCCOc2ccccc2OCCOCCOCCOC(=O)c2ccc(cc2)C(=O)OCCOCCOCCOc2ccccc2OCCOCCOCCOC(=O)c2ccc(cc2)C(=O)OCCOCCOCCOc2ccccc2OCCOCCOCCOC(=O)c2ccc1cc2. The van der Waals surface area contributed by atoms with Crippen molar-refractivity contribution in [3.63, 3.8) is 0 Å². The second-order valence-electron chi connectivity index (χ2n) is 22.3. The Bertz CT molecular complexity index is 2880. The predicted octanol–water partition coefficient (Wildman–Crippen LogP) is 7.61. The third kappa shape index (κ3) is 36.4. The molecular formula is C78H96O30. The van der Waals surface area contributed by atoms with E-state index >= 15 is 0 Å². The molecule has 30 nitrogen and oxygen atoms in total. The summed E-state index contributed by atoms with van der Waals surface area (Å²) in [6.07, 6.45) is 0. The largest absolute Gasteiger partial charge is 0.487 e. The number of rotatable bonds is 0. The van der Waals surface area contributed by atoms with Crippen LogP contribution < -0.4 is 28.4 Å². The maximum atomic E-state index is 12.6. The molecule has 6 aromatic rings. The van der Waals surface area contributed by atoms with Gasteiger partial charge in [-0.2, -0.15) is 0 Å². The van der Waals surface area contributed by atoms with E-state index in [9.17, 15) is 28.8 Å². The monoisotopic (exact) mass is 1510 g/mol. The molecule has 10 rings (SSSR count). The summed E-state index contributed by atoms with van der Waals surface area (Å²) in [5.74, 6) is -0.188. The van der Waals surface area contributed by atoms with E-state index in [0.717, 1.165) is 0 Å². The van der Waals surface area contributed by atoms with Gasteiger partial charge in [-0.25, -0.2) is 28.8 Å². The Kier molecular flexibility index (Phi) is 43.6. The van der Waals surface area contributed by atoms with Crippen molar-refractivity contribution < 1.29 is 142 Å². The van der Waals surface area contributed by atoms with Gasteiger partial charge in [-0.1, -0.05) is 36.4 Å². The molecule has 108 heavy (non-hydrogen) atoms. The van der Waals surface area contributed by atoms with Crippen molar-refractivity contribution in [3.8, 4) is 34.5 Å². The van der Waals surface area contributed by atoms with Gasteiger partial charge in [-0.3, -0.25) is 0 Å². The third-order valence-electron chi connectivity index (χ3n) is 14.5. The maximum Gasteiger partial charge on any atom is 0.338 e. The van der Waals surface area contributed by atoms with Gasteiger partial charge >= 0.3 is 35.8 Å². The number of ether oxygens (including phenoxy) is 24. The molecule has 0 aliphatic carbocycles. The first-order chi connectivity index (χ1) is 53.2.